The van der Waals surface area contributed by atoms with E-state index < -0.39 is 11.7 Å². The lowest BCUT2D eigenvalue weighted by atomic mass is 9.96. The highest BCUT2D eigenvalue weighted by Crippen LogP contribution is 2.36. The highest BCUT2D eigenvalue weighted by molar-refractivity contribution is 5.80. The van der Waals surface area contributed by atoms with Crippen LogP contribution >= 0.6 is 0 Å². The van der Waals surface area contributed by atoms with Crippen LogP contribution in [0.2, 0.25) is 0 Å². The second-order valence-electron chi connectivity index (χ2n) is 5.12. The Morgan fingerprint density at radius 2 is 1.75 bits per heavy atom. The van der Waals surface area contributed by atoms with Crippen LogP contribution in [0.3, 0.4) is 0 Å². The maximum absolute atomic E-state index is 12.8. The van der Waals surface area contributed by atoms with Crippen LogP contribution in [0.15, 0.2) is 48.0 Å². The fourth-order valence-electron chi connectivity index (χ4n) is 2.65. The number of allylic oxidation sites excluding steroid dienone is 1. The molecule has 3 heteroatoms. The van der Waals surface area contributed by atoms with Crippen molar-refractivity contribution in [2.45, 2.75) is 19.5 Å². The van der Waals surface area contributed by atoms with Crippen LogP contribution in [0.1, 0.15) is 23.6 Å². The van der Waals surface area contributed by atoms with Crippen molar-refractivity contribution in [3.8, 4) is 11.1 Å². The van der Waals surface area contributed by atoms with Gasteiger partial charge in [-0.25, -0.2) is 0 Å². The number of fused-ring (bicyclic) bond motifs is 1. The van der Waals surface area contributed by atoms with E-state index in [9.17, 15) is 13.2 Å². The predicted octanol–water partition coefficient (Wildman–Crippen LogP) is 5.33. The molecule has 2 aromatic carbocycles. The Kier molecular flexibility index (Phi) is 2.93. The minimum atomic E-state index is -4.31. The molecule has 0 atom stereocenters. The van der Waals surface area contributed by atoms with Gasteiger partial charge in [0.15, 0.2) is 0 Å². The molecule has 3 rings (SSSR count). The van der Waals surface area contributed by atoms with Crippen LogP contribution in [-0.2, 0) is 12.6 Å². The molecule has 0 amide bonds. The molecule has 0 unspecified atom stereocenters. The van der Waals surface area contributed by atoms with Crippen LogP contribution in [0, 0.1) is 0 Å². The van der Waals surface area contributed by atoms with Gasteiger partial charge in [-0.2, -0.15) is 13.2 Å². The third kappa shape index (κ3) is 2.24. The quantitative estimate of drug-likeness (QED) is 0.659. The molecular weight excluding hydrogens is 261 g/mol. The fraction of sp³-hybridized carbons (Fsp3) is 0.176. The molecule has 0 heterocycles. The molecule has 0 saturated heterocycles. The van der Waals surface area contributed by atoms with Crippen LogP contribution in [0.4, 0.5) is 13.2 Å². The Bertz CT molecular complexity index is 694. The minimum absolute atomic E-state index is 0.605. The fourth-order valence-corrected chi connectivity index (χ4v) is 2.65. The van der Waals surface area contributed by atoms with E-state index in [1.807, 2.05) is 25.1 Å². The molecule has 0 fully saturated rings. The second kappa shape index (κ2) is 4.51. The molecule has 0 bridgehead atoms. The van der Waals surface area contributed by atoms with E-state index in [1.165, 1.54) is 23.3 Å². The summed E-state index contributed by atoms with van der Waals surface area (Å²) in [5.41, 5.74) is 4.33. The topological polar surface area (TPSA) is 0 Å². The number of hydrogen-bond donors (Lipinski definition) is 0. The summed E-state index contributed by atoms with van der Waals surface area (Å²) in [7, 11) is 0. The first-order chi connectivity index (χ1) is 9.45. The Hall–Kier alpha value is -2.03. The summed E-state index contributed by atoms with van der Waals surface area (Å²) >= 11 is 0. The minimum Gasteiger partial charge on any atom is -0.166 e. The number of halogens is 3. The zero-order chi connectivity index (χ0) is 14.3. The van der Waals surface area contributed by atoms with Crippen molar-refractivity contribution in [3.63, 3.8) is 0 Å². The van der Waals surface area contributed by atoms with Crippen molar-refractivity contribution < 1.29 is 13.2 Å². The number of rotatable bonds is 1. The third-order valence-electron chi connectivity index (χ3n) is 3.56. The standard InChI is InChI=1S/C17H13F3/c1-11-8-12-5-3-7-15(16(12)9-11)13-4-2-6-14(10-13)17(18,19)20/h2-7,9-10H,8H2,1H3. The smallest absolute Gasteiger partial charge is 0.166 e. The first-order valence-electron chi connectivity index (χ1n) is 6.42. The van der Waals surface area contributed by atoms with E-state index in [-0.39, 0.29) is 0 Å². The molecule has 0 nitrogen and oxygen atoms in total. The van der Waals surface area contributed by atoms with Gasteiger partial charge in [0, 0.05) is 0 Å². The van der Waals surface area contributed by atoms with Gasteiger partial charge < -0.3 is 0 Å². The second-order valence-corrected chi connectivity index (χ2v) is 5.12. The van der Waals surface area contributed by atoms with Gasteiger partial charge in [0.25, 0.3) is 0 Å². The van der Waals surface area contributed by atoms with Crippen molar-refractivity contribution in [3.05, 3.63) is 64.7 Å². The van der Waals surface area contributed by atoms with Crippen molar-refractivity contribution in [1.29, 1.82) is 0 Å². The average molecular weight is 274 g/mol. The lowest BCUT2D eigenvalue weighted by Gasteiger charge is -2.11. The summed E-state index contributed by atoms with van der Waals surface area (Å²) in [6.45, 7) is 2.04. The third-order valence-corrected chi connectivity index (χ3v) is 3.56. The number of alkyl halides is 3. The zero-order valence-corrected chi connectivity index (χ0v) is 11.0. The Balaban J connectivity index is 2.14. The predicted molar refractivity (Wildman–Crippen MR) is 74.2 cm³/mol. The maximum Gasteiger partial charge on any atom is 0.416 e. The van der Waals surface area contributed by atoms with Crippen LogP contribution in [0.25, 0.3) is 17.2 Å². The van der Waals surface area contributed by atoms with Crippen LogP contribution < -0.4 is 0 Å². The largest absolute Gasteiger partial charge is 0.416 e. The monoisotopic (exact) mass is 274 g/mol. The zero-order valence-electron chi connectivity index (χ0n) is 11.0. The summed E-state index contributed by atoms with van der Waals surface area (Å²) in [6.07, 6.45) is -1.37. The van der Waals surface area contributed by atoms with E-state index in [1.54, 1.807) is 6.07 Å². The first kappa shape index (κ1) is 13.0. The van der Waals surface area contributed by atoms with Gasteiger partial charge in [0.05, 0.1) is 5.56 Å². The summed E-state index contributed by atoms with van der Waals surface area (Å²) in [4.78, 5) is 0. The molecule has 0 N–H and O–H groups in total. The molecule has 102 valence electrons. The Morgan fingerprint density at radius 1 is 1.00 bits per heavy atom. The van der Waals surface area contributed by atoms with E-state index in [4.69, 9.17) is 0 Å². The lowest BCUT2D eigenvalue weighted by molar-refractivity contribution is -0.137. The Morgan fingerprint density at radius 3 is 2.50 bits per heavy atom. The van der Waals surface area contributed by atoms with Crippen molar-refractivity contribution in [2.75, 3.05) is 0 Å². The summed E-state index contributed by atoms with van der Waals surface area (Å²) < 4.78 is 38.4. The summed E-state index contributed by atoms with van der Waals surface area (Å²) in [6, 6.07) is 11.3. The normalized spacial score (nSPS) is 14.1. The van der Waals surface area contributed by atoms with Crippen molar-refractivity contribution in [1.82, 2.24) is 0 Å². The molecule has 0 aliphatic heterocycles. The lowest BCUT2D eigenvalue weighted by Crippen LogP contribution is -2.04. The summed E-state index contributed by atoms with van der Waals surface area (Å²) in [5, 5.41) is 0. The molecule has 20 heavy (non-hydrogen) atoms. The van der Waals surface area contributed by atoms with Gasteiger partial charge >= 0.3 is 6.18 Å². The number of benzene rings is 2. The highest BCUT2D eigenvalue weighted by atomic mass is 19.4. The molecule has 0 radical (unpaired) electrons. The van der Waals surface area contributed by atoms with Crippen LogP contribution in [0.5, 0.6) is 0 Å². The van der Waals surface area contributed by atoms with Gasteiger partial charge in [-0.05, 0) is 47.7 Å². The van der Waals surface area contributed by atoms with Gasteiger partial charge in [-0.3, -0.25) is 0 Å². The van der Waals surface area contributed by atoms with Gasteiger partial charge in [0.2, 0.25) is 0 Å². The van der Waals surface area contributed by atoms with Crippen molar-refractivity contribution >= 4 is 6.08 Å². The molecular formula is C17H13F3. The molecule has 1 aliphatic rings. The number of hydrogen-bond acceptors (Lipinski definition) is 0. The molecule has 1 aliphatic carbocycles. The van der Waals surface area contributed by atoms with Crippen LogP contribution in [-0.4, -0.2) is 0 Å². The average Bonchev–Trinajstić information content (AvgIpc) is 2.77. The van der Waals surface area contributed by atoms with E-state index in [2.05, 4.69) is 6.08 Å². The molecule has 0 saturated carbocycles. The van der Waals surface area contributed by atoms with E-state index >= 15 is 0 Å². The van der Waals surface area contributed by atoms with E-state index in [0.717, 1.165) is 23.6 Å². The highest BCUT2D eigenvalue weighted by Gasteiger charge is 2.30. The SMILES string of the molecule is CC1=Cc2c(cccc2-c2cccc(C(F)(F)F)c2)C1. The van der Waals surface area contributed by atoms with Gasteiger partial charge in [0.1, 0.15) is 0 Å². The van der Waals surface area contributed by atoms with Gasteiger partial charge in [-0.1, -0.05) is 42.0 Å². The molecule has 2 aromatic rings. The molecule has 0 aromatic heterocycles. The molecule has 0 spiro atoms. The maximum atomic E-state index is 12.8. The summed E-state index contributed by atoms with van der Waals surface area (Å²) in [5.74, 6) is 0. The van der Waals surface area contributed by atoms with E-state index in [0.29, 0.717) is 5.56 Å². The Labute approximate surface area is 115 Å². The van der Waals surface area contributed by atoms with Crippen molar-refractivity contribution in [2.24, 2.45) is 0 Å². The first-order valence-corrected chi connectivity index (χ1v) is 6.42. The van der Waals surface area contributed by atoms with Gasteiger partial charge in [-0.15, -0.1) is 0 Å².